The summed E-state index contributed by atoms with van der Waals surface area (Å²) in [5.74, 6) is 1.66. The number of hydrogen-bond donors (Lipinski definition) is 0. The number of nitrogens with zero attached hydrogens (tertiary/aromatic N) is 4. The molecule has 2 aromatic carbocycles. The lowest BCUT2D eigenvalue weighted by Gasteiger charge is -2.14. The molecule has 0 bridgehead atoms. The van der Waals surface area contributed by atoms with E-state index in [1.165, 1.54) is 0 Å². The highest BCUT2D eigenvalue weighted by molar-refractivity contribution is 9.10. The van der Waals surface area contributed by atoms with E-state index >= 15 is 0 Å². The Balaban J connectivity index is 2.01. The Morgan fingerprint density at radius 3 is 2.71 bits per heavy atom. The van der Waals surface area contributed by atoms with Crippen LogP contribution in [-0.4, -0.2) is 20.5 Å². The molecule has 0 saturated carbocycles. The molecular weight excluding hydrogens is 455 g/mol. The molecule has 0 spiro atoms. The van der Waals surface area contributed by atoms with Gasteiger partial charge in [0.05, 0.1) is 16.7 Å². The lowest BCUT2D eigenvalue weighted by Crippen LogP contribution is -2.09. The lowest BCUT2D eigenvalue weighted by atomic mass is 10.0. The van der Waals surface area contributed by atoms with Crippen molar-refractivity contribution in [1.29, 1.82) is 0 Å². The first-order valence-corrected chi connectivity index (χ1v) is 9.57. The average Bonchev–Trinajstić information content (AvgIpc) is 2.93. The van der Waals surface area contributed by atoms with Gasteiger partial charge in [0.1, 0.15) is 12.4 Å². The second kappa shape index (κ2) is 6.43. The molecule has 0 saturated heterocycles. The van der Waals surface area contributed by atoms with Crippen molar-refractivity contribution >= 4 is 49.2 Å². The van der Waals surface area contributed by atoms with Crippen LogP contribution in [0.25, 0.3) is 5.69 Å². The van der Waals surface area contributed by atoms with Gasteiger partial charge in [0, 0.05) is 20.6 Å². The Hall–Kier alpha value is -1.50. The SMILES string of the molecule is Clc1ccccc1C1=NCc2nnc(CBr)n2-c2cc(Br)ccc21. The minimum absolute atomic E-state index is 0.451. The molecule has 120 valence electrons. The van der Waals surface area contributed by atoms with Gasteiger partial charge in [-0.2, -0.15) is 0 Å². The van der Waals surface area contributed by atoms with Crippen molar-refractivity contribution in [1.82, 2.24) is 14.8 Å². The molecule has 0 radical (unpaired) electrons. The van der Waals surface area contributed by atoms with Crippen LogP contribution in [0.1, 0.15) is 22.8 Å². The van der Waals surface area contributed by atoms with Crippen LogP contribution in [-0.2, 0) is 11.9 Å². The minimum Gasteiger partial charge on any atom is -0.280 e. The van der Waals surface area contributed by atoms with Gasteiger partial charge in [-0.1, -0.05) is 61.7 Å². The maximum Gasteiger partial charge on any atom is 0.159 e. The van der Waals surface area contributed by atoms with Crippen molar-refractivity contribution in [2.75, 3.05) is 0 Å². The Morgan fingerprint density at radius 1 is 1.08 bits per heavy atom. The molecule has 4 rings (SSSR count). The molecule has 0 fully saturated rings. The number of hydrogen-bond acceptors (Lipinski definition) is 3. The van der Waals surface area contributed by atoms with E-state index in [4.69, 9.17) is 16.6 Å². The Bertz CT molecular complexity index is 965. The van der Waals surface area contributed by atoms with E-state index in [0.717, 1.165) is 38.6 Å². The molecule has 1 aliphatic heterocycles. The molecular formula is C17H11Br2ClN4. The van der Waals surface area contributed by atoms with Crippen molar-refractivity contribution in [3.63, 3.8) is 0 Å². The fourth-order valence-corrected chi connectivity index (χ4v) is 3.77. The number of rotatable bonds is 2. The smallest absolute Gasteiger partial charge is 0.159 e. The lowest BCUT2D eigenvalue weighted by molar-refractivity contribution is 0.860. The fourth-order valence-electron chi connectivity index (χ4n) is 2.83. The van der Waals surface area contributed by atoms with E-state index < -0.39 is 0 Å². The van der Waals surface area contributed by atoms with Crippen LogP contribution >= 0.6 is 43.5 Å². The van der Waals surface area contributed by atoms with Crippen LogP contribution in [0.2, 0.25) is 5.02 Å². The minimum atomic E-state index is 0.451. The van der Waals surface area contributed by atoms with Crippen molar-refractivity contribution in [2.45, 2.75) is 11.9 Å². The van der Waals surface area contributed by atoms with Gasteiger partial charge in [-0.25, -0.2) is 0 Å². The van der Waals surface area contributed by atoms with E-state index in [1.54, 1.807) is 0 Å². The summed E-state index contributed by atoms with van der Waals surface area (Å²) < 4.78 is 3.05. The molecule has 0 aliphatic carbocycles. The second-order valence-corrected chi connectivity index (χ2v) is 7.19. The molecule has 0 N–H and O–H groups in total. The third-order valence-electron chi connectivity index (χ3n) is 3.88. The van der Waals surface area contributed by atoms with Crippen LogP contribution in [0.3, 0.4) is 0 Å². The summed E-state index contributed by atoms with van der Waals surface area (Å²) in [7, 11) is 0. The Labute approximate surface area is 160 Å². The zero-order valence-corrected chi connectivity index (χ0v) is 16.3. The normalized spacial score (nSPS) is 13.0. The molecule has 7 heteroatoms. The van der Waals surface area contributed by atoms with E-state index in [9.17, 15) is 0 Å². The standard InChI is InChI=1S/C17H11Br2ClN4/c18-8-15-22-23-16-9-21-17(11-3-1-2-4-13(11)20)12-6-5-10(19)7-14(12)24(15)16/h1-7H,8-9H2. The third-order valence-corrected chi connectivity index (χ3v) is 5.20. The van der Waals surface area contributed by atoms with Crippen LogP contribution in [0.5, 0.6) is 0 Å². The summed E-state index contributed by atoms with van der Waals surface area (Å²) in [5.41, 5.74) is 3.79. The molecule has 0 unspecified atom stereocenters. The second-order valence-electron chi connectivity index (χ2n) is 5.31. The number of aromatic nitrogens is 3. The first-order chi connectivity index (χ1) is 11.7. The zero-order valence-electron chi connectivity index (χ0n) is 12.4. The Morgan fingerprint density at radius 2 is 1.92 bits per heavy atom. The number of halogens is 3. The van der Waals surface area contributed by atoms with Crippen molar-refractivity contribution in [3.05, 3.63) is 74.7 Å². The first-order valence-electron chi connectivity index (χ1n) is 7.28. The summed E-state index contributed by atoms with van der Waals surface area (Å²) in [6.45, 7) is 0.451. The quantitative estimate of drug-likeness (QED) is 0.503. The fraction of sp³-hybridized carbons (Fsp3) is 0.118. The predicted octanol–water partition coefficient (Wildman–Crippen LogP) is 4.93. The average molecular weight is 467 g/mol. The number of alkyl halides is 1. The highest BCUT2D eigenvalue weighted by atomic mass is 79.9. The van der Waals surface area contributed by atoms with Gasteiger partial charge in [-0.15, -0.1) is 10.2 Å². The number of fused-ring (bicyclic) bond motifs is 3. The van der Waals surface area contributed by atoms with Crippen molar-refractivity contribution < 1.29 is 0 Å². The van der Waals surface area contributed by atoms with Gasteiger partial charge < -0.3 is 0 Å². The summed E-state index contributed by atoms with van der Waals surface area (Å²) in [6.07, 6.45) is 0. The molecule has 4 nitrogen and oxygen atoms in total. The van der Waals surface area contributed by atoms with Gasteiger partial charge >= 0.3 is 0 Å². The van der Waals surface area contributed by atoms with Crippen molar-refractivity contribution in [3.8, 4) is 5.69 Å². The van der Waals surface area contributed by atoms with E-state index in [0.29, 0.717) is 16.9 Å². The van der Waals surface area contributed by atoms with Crippen LogP contribution < -0.4 is 0 Å². The van der Waals surface area contributed by atoms with Gasteiger partial charge in [0.15, 0.2) is 5.82 Å². The van der Waals surface area contributed by atoms with Gasteiger partial charge in [-0.3, -0.25) is 9.56 Å². The third kappa shape index (κ3) is 2.62. The summed E-state index contributed by atoms with van der Waals surface area (Å²) in [4.78, 5) is 4.79. The first kappa shape index (κ1) is 16.0. The van der Waals surface area contributed by atoms with Gasteiger partial charge in [0.25, 0.3) is 0 Å². The zero-order chi connectivity index (χ0) is 16.7. The van der Waals surface area contributed by atoms with Gasteiger partial charge in [-0.05, 0) is 24.3 Å². The summed E-state index contributed by atoms with van der Waals surface area (Å²) >= 11 is 13.5. The highest BCUT2D eigenvalue weighted by Crippen LogP contribution is 2.30. The monoisotopic (exact) mass is 464 g/mol. The maximum atomic E-state index is 6.42. The summed E-state index contributed by atoms with van der Waals surface area (Å²) in [6, 6.07) is 13.9. The Kier molecular flexibility index (Phi) is 4.28. The largest absolute Gasteiger partial charge is 0.280 e. The van der Waals surface area contributed by atoms with Gasteiger partial charge in [0.2, 0.25) is 0 Å². The maximum absolute atomic E-state index is 6.42. The van der Waals surface area contributed by atoms with E-state index in [1.807, 2.05) is 30.3 Å². The molecule has 1 aliphatic rings. The summed E-state index contributed by atoms with van der Waals surface area (Å²) in [5, 5.41) is 9.85. The molecule has 0 atom stereocenters. The molecule has 1 aromatic heterocycles. The van der Waals surface area contributed by atoms with Crippen LogP contribution in [0, 0.1) is 0 Å². The van der Waals surface area contributed by atoms with E-state index in [2.05, 4.69) is 58.8 Å². The molecule has 24 heavy (non-hydrogen) atoms. The van der Waals surface area contributed by atoms with E-state index in [-0.39, 0.29) is 0 Å². The van der Waals surface area contributed by atoms with Crippen LogP contribution in [0.15, 0.2) is 51.9 Å². The molecule has 0 amide bonds. The number of aliphatic imine (C=N–C) groups is 1. The topological polar surface area (TPSA) is 43.1 Å². The number of benzene rings is 2. The highest BCUT2D eigenvalue weighted by Gasteiger charge is 2.23. The van der Waals surface area contributed by atoms with Crippen molar-refractivity contribution in [2.24, 2.45) is 4.99 Å². The van der Waals surface area contributed by atoms with Crippen LogP contribution in [0.4, 0.5) is 0 Å². The molecule has 3 aromatic rings. The molecule has 2 heterocycles. The predicted molar refractivity (Wildman–Crippen MR) is 102 cm³/mol.